The molecule has 1 aliphatic rings. The first-order valence-electron chi connectivity index (χ1n) is 8.75. The van der Waals surface area contributed by atoms with Crippen LogP contribution in [0.15, 0.2) is 0 Å². The van der Waals surface area contributed by atoms with E-state index in [0.29, 0.717) is 0 Å². The van der Waals surface area contributed by atoms with Crippen molar-refractivity contribution in [1.82, 2.24) is 0 Å². The summed E-state index contributed by atoms with van der Waals surface area (Å²) >= 11 is 0. The number of hydrogen-bond donors (Lipinski definition) is 0. The summed E-state index contributed by atoms with van der Waals surface area (Å²) in [4.78, 5) is 0. The molecule has 1 heterocycles. The molecule has 1 aliphatic heterocycles. The molecule has 0 N–H and O–H groups in total. The highest BCUT2D eigenvalue weighted by atomic mass is 32.2. The van der Waals surface area contributed by atoms with Crippen LogP contribution in [-0.4, -0.2) is 41.9 Å². The summed E-state index contributed by atoms with van der Waals surface area (Å²) in [6.07, 6.45) is 14.1. The van der Waals surface area contributed by atoms with Crippen LogP contribution in [0.5, 0.6) is 0 Å². The molecule has 1 rings (SSSR count). The smallest absolute Gasteiger partial charge is 0.485 e. The number of hydrogen-bond acceptors (Lipinski definition) is 3. The van der Waals surface area contributed by atoms with Gasteiger partial charge in [0.25, 0.3) is 0 Å². The lowest BCUT2D eigenvalue weighted by Gasteiger charge is -2.08. The Hall–Kier alpha value is -0.630. The van der Waals surface area contributed by atoms with Crippen LogP contribution in [0.25, 0.3) is 0 Å². The van der Waals surface area contributed by atoms with Crippen LogP contribution in [0.4, 0.5) is 13.2 Å². The van der Waals surface area contributed by atoms with E-state index in [4.69, 9.17) is 13.0 Å². The first-order chi connectivity index (χ1) is 11.1. The van der Waals surface area contributed by atoms with Gasteiger partial charge in [0.15, 0.2) is 15.8 Å². The van der Waals surface area contributed by atoms with E-state index in [1.165, 1.54) is 77.3 Å². The van der Waals surface area contributed by atoms with Crippen molar-refractivity contribution in [2.45, 2.75) is 83.6 Å². The molecule has 0 aromatic carbocycles. The molecule has 144 valence electrons. The van der Waals surface area contributed by atoms with Gasteiger partial charge in [-0.05, 0) is 6.42 Å². The lowest BCUT2D eigenvalue weighted by molar-refractivity contribution is -0.521. The van der Waals surface area contributed by atoms with E-state index >= 15 is 0 Å². The van der Waals surface area contributed by atoms with Gasteiger partial charge in [-0.15, -0.1) is 0 Å². The Bertz CT molecular complexity index is 473. The van der Waals surface area contributed by atoms with Crippen LogP contribution < -0.4 is 0 Å². The monoisotopic (exact) mass is 373 g/mol. The van der Waals surface area contributed by atoms with Gasteiger partial charge in [0.2, 0.25) is 0 Å². The molecule has 4 nitrogen and oxygen atoms in total. The van der Waals surface area contributed by atoms with Gasteiger partial charge in [0, 0.05) is 25.7 Å². The molecule has 0 radical (unpaired) electrons. The predicted octanol–water partition coefficient (Wildman–Crippen LogP) is 4.45. The average molecular weight is 373 g/mol. The Morgan fingerprint density at radius 1 is 1.04 bits per heavy atom. The Labute approximate surface area is 143 Å². The normalized spacial score (nSPS) is 15.4. The minimum atomic E-state index is -6.09. The third-order valence-electron chi connectivity index (χ3n) is 4.06. The number of rotatable bonds is 9. The van der Waals surface area contributed by atoms with E-state index in [9.17, 15) is 13.2 Å². The molecule has 0 atom stereocenters. The van der Waals surface area contributed by atoms with E-state index in [1.54, 1.807) is 5.71 Å². The zero-order chi connectivity index (χ0) is 18.6. The second kappa shape index (κ2) is 11.8. The average Bonchev–Trinajstić information content (AvgIpc) is 2.92. The van der Waals surface area contributed by atoms with Gasteiger partial charge < -0.3 is 4.55 Å². The second-order valence-corrected chi connectivity index (χ2v) is 7.40. The maximum Gasteiger partial charge on any atom is 0.485 e. The van der Waals surface area contributed by atoms with Crippen molar-refractivity contribution in [1.29, 1.82) is 0 Å². The highest BCUT2D eigenvalue weighted by molar-refractivity contribution is 7.86. The van der Waals surface area contributed by atoms with E-state index in [2.05, 4.69) is 18.4 Å². The maximum absolute atomic E-state index is 10.7. The van der Waals surface area contributed by atoms with Crippen LogP contribution in [0.1, 0.15) is 78.1 Å². The lowest BCUT2D eigenvalue weighted by atomic mass is 10.1. The topological polar surface area (TPSA) is 60.2 Å². The first-order valence-corrected chi connectivity index (χ1v) is 10.2. The van der Waals surface area contributed by atoms with Gasteiger partial charge >= 0.3 is 5.51 Å². The standard InChI is InChI=1S/C15H30N.CHF3O3S/c1-3-5-6-7-8-9-10-13-16-14-11-12-15(16)4-2;2-1(3,4)8(5,6)7/h3-14H2,1-2H3;(H,5,6,7)/q+1;/p-1. The summed E-state index contributed by atoms with van der Waals surface area (Å²) in [5.74, 6) is 0. The minimum absolute atomic E-state index is 1.27. The summed E-state index contributed by atoms with van der Waals surface area (Å²) < 4.78 is 61.5. The van der Waals surface area contributed by atoms with Crippen molar-refractivity contribution in [3.05, 3.63) is 0 Å². The highest BCUT2D eigenvalue weighted by Crippen LogP contribution is 2.20. The van der Waals surface area contributed by atoms with Crippen LogP contribution in [0.2, 0.25) is 0 Å². The molecule has 0 fully saturated rings. The predicted molar refractivity (Wildman–Crippen MR) is 88.3 cm³/mol. The SMILES string of the molecule is CCCCCCCCC[N+]1=C(CC)CCC1.O=S(=O)([O-])C(F)(F)F. The zero-order valence-corrected chi connectivity index (χ0v) is 15.5. The van der Waals surface area contributed by atoms with E-state index in [1.807, 2.05) is 0 Å². The first kappa shape index (κ1) is 23.4. The van der Waals surface area contributed by atoms with Crippen LogP contribution >= 0.6 is 0 Å². The van der Waals surface area contributed by atoms with Crippen LogP contribution in [0, 0.1) is 0 Å². The van der Waals surface area contributed by atoms with Crippen molar-refractivity contribution >= 4 is 15.8 Å². The molecule has 0 aromatic rings. The Balaban J connectivity index is 0.000000561. The second-order valence-electron chi connectivity index (χ2n) is 6.03. The highest BCUT2D eigenvalue weighted by Gasteiger charge is 2.36. The molecule has 0 aliphatic carbocycles. The van der Waals surface area contributed by atoms with Crippen LogP contribution in [-0.2, 0) is 10.1 Å². The fourth-order valence-electron chi connectivity index (χ4n) is 2.72. The molecule has 0 spiro atoms. The van der Waals surface area contributed by atoms with E-state index in [0.717, 1.165) is 0 Å². The molecule has 0 unspecified atom stereocenters. The molecule has 0 amide bonds. The van der Waals surface area contributed by atoms with Gasteiger partial charge in [-0.3, -0.25) is 0 Å². The number of halogens is 3. The molecule has 0 saturated heterocycles. The largest absolute Gasteiger partial charge is 0.741 e. The van der Waals surface area contributed by atoms with E-state index < -0.39 is 15.6 Å². The van der Waals surface area contributed by atoms with Gasteiger partial charge in [0.1, 0.15) is 13.1 Å². The van der Waals surface area contributed by atoms with Crippen LogP contribution in [0.3, 0.4) is 0 Å². The Kier molecular flexibility index (Phi) is 11.5. The van der Waals surface area contributed by atoms with Crippen molar-refractivity contribution < 1.29 is 30.7 Å². The summed E-state index contributed by atoms with van der Waals surface area (Å²) in [6, 6.07) is 0. The maximum atomic E-state index is 10.7. The number of unbranched alkanes of at least 4 members (excludes halogenated alkanes) is 6. The van der Waals surface area contributed by atoms with Gasteiger partial charge in [-0.25, -0.2) is 13.0 Å². The Morgan fingerprint density at radius 3 is 2.00 bits per heavy atom. The number of nitrogens with zero attached hydrogens (tertiary/aromatic N) is 1. The zero-order valence-electron chi connectivity index (χ0n) is 14.7. The minimum Gasteiger partial charge on any atom is -0.741 e. The van der Waals surface area contributed by atoms with Gasteiger partial charge in [-0.2, -0.15) is 13.2 Å². The lowest BCUT2D eigenvalue weighted by Crippen LogP contribution is -2.21. The van der Waals surface area contributed by atoms with Crippen molar-refractivity contribution in [3.63, 3.8) is 0 Å². The summed E-state index contributed by atoms with van der Waals surface area (Å²) in [7, 11) is -6.09. The summed E-state index contributed by atoms with van der Waals surface area (Å²) in [6.45, 7) is 7.25. The van der Waals surface area contributed by atoms with Crippen molar-refractivity contribution in [2.75, 3.05) is 13.1 Å². The summed E-state index contributed by atoms with van der Waals surface area (Å²) in [5, 5.41) is 0. The quantitative estimate of drug-likeness (QED) is 0.260. The third kappa shape index (κ3) is 10.3. The Morgan fingerprint density at radius 2 is 1.54 bits per heavy atom. The van der Waals surface area contributed by atoms with Gasteiger partial charge in [-0.1, -0.05) is 46.0 Å². The van der Waals surface area contributed by atoms with Gasteiger partial charge in [0.05, 0.1) is 0 Å². The molecule has 0 bridgehead atoms. The molecule has 0 saturated carbocycles. The molecule has 0 aromatic heterocycles. The van der Waals surface area contributed by atoms with Crippen molar-refractivity contribution in [2.24, 2.45) is 0 Å². The fourth-order valence-corrected chi connectivity index (χ4v) is 2.72. The third-order valence-corrected chi connectivity index (χ3v) is 4.63. The molecule has 8 heteroatoms. The molecule has 24 heavy (non-hydrogen) atoms. The molecular formula is C16H30F3NO3S. The number of alkyl halides is 3. The summed E-state index contributed by atoms with van der Waals surface area (Å²) in [5.41, 5.74) is -3.93. The van der Waals surface area contributed by atoms with E-state index in [-0.39, 0.29) is 0 Å². The molecular weight excluding hydrogens is 343 g/mol. The fraction of sp³-hybridized carbons (Fsp3) is 0.938. The van der Waals surface area contributed by atoms with Crippen molar-refractivity contribution in [3.8, 4) is 0 Å².